The first-order valence-electron chi connectivity index (χ1n) is 13.7. The van der Waals surface area contributed by atoms with Crippen molar-refractivity contribution < 1.29 is 9.26 Å². The van der Waals surface area contributed by atoms with E-state index in [1.807, 2.05) is 12.1 Å². The average Bonchev–Trinajstić information content (AvgIpc) is 3.36. The minimum Gasteiger partial charge on any atom is -0.493 e. The van der Waals surface area contributed by atoms with E-state index in [9.17, 15) is 0 Å². The second-order valence-corrected chi connectivity index (χ2v) is 10.7. The summed E-state index contributed by atoms with van der Waals surface area (Å²) in [5.41, 5.74) is 3.29. The largest absolute Gasteiger partial charge is 0.493 e. The Morgan fingerprint density at radius 1 is 1.00 bits per heavy atom. The predicted octanol–water partition coefficient (Wildman–Crippen LogP) is 3.77. The van der Waals surface area contributed by atoms with Crippen LogP contribution in [-0.4, -0.2) is 84.9 Å². The number of hydrogen-bond donors (Lipinski definition) is 1. The normalized spacial score (nSPS) is 26.2. The van der Waals surface area contributed by atoms with Crippen LogP contribution in [0.25, 0.3) is 11.0 Å². The molecule has 0 amide bonds. The van der Waals surface area contributed by atoms with Crippen molar-refractivity contribution in [1.29, 1.82) is 0 Å². The predicted molar refractivity (Wildman–Crippen MR) is 142 cm³/mol. The van der Waals surface area contributed by atoms with Gasteiger partial charge in [-0.05, 0) is 49.2 Å². The molecule has 4 heterocycles. The molecule has 3 aliphatic heterocycles. The molecule has 6 rings (SSSR count). The van der Waals surface area contributed by atoms with Crippen LogP contribution in [0.5, 0.6) is 5.75 Å². The standard InChI is InChI=1S/C29H39N5O2/c1-2-32-14-16-33(17-15-32)19-22-6-5-7-24(18-22)35-21-23-10-11-26-29(30-12-13-34(26)20-23)28-25-8-3-4-9-27(25)36-31-28/h3-9,18,23,26,29-30H,2,10-17,19-21H2,1H3/t23-,26-,29?/m0/s1. The molecule has 1 unspecified atom stereocenters. The van der Waals surface area contributed by atoms with Crippen molar-refractivity contribution in [2.24, 2.45) is 5.92 Å². The maximum atomic E-state index is 6.35. The van der Waals surface area contributed by atoms with E-state index < -0.39 is 0 Å². The van der Waals surface area contributed by atoms with Gasteiger partial charge in [-0.25, -0.2) is 0 Å². The number of likely N-dealkylation sites (N-methyl/N-ethyl adjacent to an activating group) is 1. The van der Waals surface area contributed by atoms with Gasteiger partial charge in [-0.2, -0.15) is 0 Å². The van der Waals surface area contributed by atoms with E-state index in [4.69, 9.17) is 9.26 Å². The summed E-state index contributed by atoms with van der Waals surface area (Å²) < 4.78 is 12.0. The number of rotatable bonds is 7. The SMILES string of the molecule is CCN1CCN(Cc2cccc(OC[C@H]3CC[C@H]4C(c5noc6ccccc56)NCCN4C3)c2)CC1. The molecule has 192 valence electrons. The highest BCUT2D eigenvalue weighted by Crippen LogP contribution is 2.35. The highest BCUT2D eigenvalue weighted by atomic mass is 16.5. The molecule has 0 bridgehead atoms. The Morgan fingerprint density at radius 3 is 2.75 bits per heavy atom. The van der Waals surface area contributed by atoms with Crippen LogP contribution in [0.1, 0.15) is 37.1 Å². The maximum absolute atomic E-state index is 6.35. The first-order chi connectivity index (χ1) is 17.8. The number of benzene rings is 2. The third-order valence-electron chi connectivity index (χ3n) is 8.38. The quantitative estimate of drug-likeness (QED) is 0.542. The van der Waals surface area contributed by atoms with Gasteiger partial charge < -0.3 is 19.5 Å². The number of nitrogens with one attached hydrogen (secondary N) is 1. The molecule has 0 saturated carbocycles. The molecule has 0 radical (unpaired) electrons. The fourth-order valence-electron chi connectivity index (χ4n) is 6.30. The summed E-state index contributed by atoms with van der Waals surface area (Å²) in [6.07, 6.45) is 2.33. The molecule has 3 saturated heterocycles. The molecule has 1 aromatic heterocycles. The summed E-state index contributed by atoms with van der Waals surface area (Å²) in [4.78, 5) is 7.74. The lowest BCUT2D eigenvalue weighted by Crippen LogP contribution is -2.57. The van der Waals surface area contributed by atoms with Crippen molar-refractivity contribution in [2.45, 2.75) is 38.4 Å². The third kappa shape index (κ3) is 5.16. The first kappa shape index (κ1) is 23.9. The highest BCUT2D eigenvalue weighted by molar-refractivity contribution is 5.79. The fraction of sp³-hybridized carbons (Fsp3) is 0.552. The molecule has 1 N–H and O–H groups in total. The molecule has 3 aliphatic rings. The van der Waals surface area contributed by atoms with E-state index in [-0.39, 0.29) is 6.04 Å². The van der Waals surface area contributed by atoms with Gasteiger partial charge in [-0.15, -0.1) is 0 Å². The number of hydrogen-bond acceptors (Lipinski definition) is 7. The third-order valence-corrected chi connectivity index (χ3v) is 8.38. The number of ether oxygens (including phenoxy) is 1. The van der Waals surface area contributed by atoms with Crippen LogP contribution in [0.3, 0.4) is 0 Å². The van der Waals surface area contributed by atoms with Crippen molar-refractivity contribution in [3.63, 3.8) is 0 Å². The van der Waals surface area contributed by atoms with Gasteiger partial charge in [0.15, 0.2) is 5.58 Å². The van der Waals surface area contributed by atoms with Crippen LogP contribution in [-0.2, 0) is 6.54 Å². The van der Waals surface area contributed by atoms with Gasteiger partial charge in [0.1, 0.15) is 11.4 Å². The van der Waals surface area contributed by atoms with Gasteiger partial charge >= 0.3 is 0 Å². The zero-order valence-electron chi connectivity index (χ0n) is 21.4. The molecule has 7 nitrogen and oxygen atoms in total. The van der Waals surface area contributed by atoms with Crippen LogP contribution in [0.4, 0.5) is 0 Å². The fourth-order valence-corrected chi connectivity index (χ4v) is 6.30. The Bertz CT molecular complexity index is 1140. The average molecular weight is 490 g/mol. The van der Waals surface area contributed by atoms with Crippen LogP contribution in [0.15, 0.2) is 53.1 Å². The van der Waals surface area contributed by atoms with Crippen LogP contribution >= 0.6 is 0 Å². The molecular formula is C29H39N5O2. The number of nitrogens with zero attached hydrogens (tertiary/aromatic N) is 4. The molecule has 36 heavy (non-hydrogen) atoms. The highest BCUT2D eigenvalue weighted by Gasteiger charge is 2.39. The van der Waals surface area contributed by atoms with Crippen molar-refractivity contribution >= 4 is 11.0 Å². The second-order valence-electron chi connectivity index (χ2n) is 10.7. The zero-order chi connectivity index (χ0) is 24.3. The molecule has 3 aromatic rings. The molecule has 3 fully saturated rings. The Morgan fingerprint density at radius 2 is 1.86 bits per heavy atom. The Labute approximate surface area is 214 Å². The Balaban J connectivity index is 1.03. The lowest BCUT2D eigenvalue weighted by molar-refractivity contribution is 0.0377. The van der Waals surface area contributed by atoms with Crippen molar-refractivity contribution in [3.05, 3.63) is 59.8 Å². The molecular weight excluding hydrogens is 450 g/mol. The first-order valence-corrected chi connectivity index (χ1v) is 13.7. The molecule has 0 spiro atoms. The zero-order valence-corrected chi connectivity index (χ0v) is 21.4. The van der Waals surface area contributed by atoms with Crippen LogP contribution in [0.2, 0.25) is 0 Å². The van der Waals surface area contributed by atoms with E-state index in [0.29, 0.717) is 12.0 Å². The summed E-state index contributed by atoms with van der Waals surface area (Å²) in [6.45, 7) is 13.0. The minimum atomic E-state index is 0.222. The summed E-state index contributed by atoms with van der Waals surface area (Å²) in [5.74, 6) is 1.56. The lowest BCUT2D eigenvalue weighted by atomic mass is 9.86. The van der Waals surface area contributed by atoms with E-state index in [1.54, 1.807) is 0 Å². The van der Waals surface area contributed by atoms with E-state index in [2.05, 4.69) is 68.5 Å². The maximum Gasteiger partial charge on any atom is 0.167 e. The van der Waals surface area contributed by atoms with Crippen molar-refractivity contribution in [2.75, 3.05) is 59.0 Å². The smallest absolute Gasteiger partial charge is 0.167 e. The Hall–Kier alpha value is -2.45. The lowest BCUT2D eigenvalue weighted by Gasteiger charge is -2.46. The van der Waals surface area contributed by atoms with Crippen LogP contribution in [0, 0.1) is 5.92 Å². The van der Waals surface area contributed by atoms with Gasteiger partial charge in [-0.3, -0.25) is 9.80 Å². The molecule has 3 atom stereocenters. The summed E-state index contributed by atoms with van der Waals surface area (Å²) >= 11 is 0. The minimum absolute atomic E-state index is 0.222. The summed E-state index contributed by atoms with van der Waals surface area (Å²) in [5, 5.41) is 9.33. The topological polar surface area (TPSA) is 57.0 Å². The molecule has 7 heteroatoms. The van der Waals surface area contributed by atoms with E-state index in [1.165, 1.54) is 25.1 Å². The number of fused-ring (bicyclic) bond motifs is 2. The monoisotopic (exact) mass is 489 g/mol. The number of aromatic nitrogens is 1. The second kappa shape index (κ2) is 10.9. The number of piperazine rings is 2. The van der Waals surface area contributed by atoms with Gasteiger partial charge in [0.25, 0.3) is 0 Å². The van der Waals surface area contributed by atoms with E-state index in [0.717, 1.165) is 81.3 Å². The van der Waals surface area contributed by atoms with Gasteiger partial charge in [0.05, 0.1) is 12.6 Å². The van der Waals surface area contributed by atoms with Gasteiger partial charge in [0.2, 0.25) is 0 Å². The van der Waals surface area contributed by atoms with Gasteiger partial charge in [-0.1, -0.05) is 36.3 Å². The van der Waals surface area contributed by atoms with Crippen molar-refractivity contribution in [1.82, 2.24) is 25.2 Å². The summed E-state index contributed by atoms with van der Waals surface area (Å²) in [7, 11) is 0. The molecule has 2 aromatic carbocycles. The number of piperidine rings is 1. The van der Waals surface area contributed by atoms with Crippen LogP contribution < -0.4 is 10.1 Å². The number of para-hydroxylation sites is 1. The molecule has 0 aliphatic carbocycles. The van der Waals surface area contributed by atoms with Crippen molar-refractivity contribution in [3.8, 4) is 5.75 Å². The van der Waals surface area contributed by atoms with Gasteiger partial charge in [0, 0.05) is 69.7 Å². The van der Waals surface area contributed by atoms with E-state index >= 15 is 0 Å². The Kier molecular flexibility index (Phi) is 7.23. The summed E-state index contributed by atoms with van der Waals surface area (Å²) in [6, 6.07) is 17.6.